The molecule has 0 radical (unpaired) electrons. The second-order valence-electron chi connectivity index (χ2n) is 7.12. The van der Waals surface area contributed by atoms with Crippen LogP contribution < -0.4 is 10.6 Å². The first-order chi connectivity index (χ1) is 13.7. The largest absolute Gasteiger partial charge is 0.313 e. The van der Waals surface area contributed by atoms with E-state index in [9.17, 15) is 9.36 Å². The minimum Gasteiger partial charge on any atom is -0.313 e. The smallest absolute Gasteiger partial charge is 0.163 e. The number of rotatable bonds is 9. The van der Waals surface area contributed by atoms with E-state index < -0.39 is 7.14 Å². The molecule has 144 valence electrons. The molecule has 0 fully saturated rings. The molecule has 0 saturated heterocycles. The fraction of sp³-hybridized carbons (Fsp3) is 0.240. The molecule has 0 aromatic heterocycles. The number of Topliss-reactive ketones (excluding diaryl/α,β-unsaturated/α-hetero) is 1. The van der Waals surface area contributed by atoms with Crippen molar-refractivity contribution in [1.29, 1.82) is 0 Å². The lowest BCUT2D eigenvalue weighted by atomic mass is 10.0. The van der Waals surface area contributed by atoms with Crippen LogP contribution in [0.4, 0.5) is 0 Å². The third-order valence-electron chi connectivity index (χ3n) is 5.20. The maximum Gasteiger partial charge on any atom is 0.163 e. The maximum absolute atomic E-state index is 14.6. The lowest BCUT2D eigenvalue weighted by molar-refractivity contribution is 0.0980. The topological polar surface area (TPSA) is 34.1 Å². The molecule has 0 saturated carbocycles. The molecule has 0 aliphatic carbocycles. The molecule has 0 aliphatic rings. The zero-order chi connectivity index (χ0) is 19.8. The zero-order valence-electron chi connectivity index (χ0n) is 16.3. The Balaban J connectivity index is 2.05. The first-order valence-electron chi connectivity index (χ1n) is 9.95. The van der Waals surface area contributed by atoms with Crippen LogP contribution >= 0.6 is 7.14 Å². The average Bonchev–Trinajstić information content (AvgIpc) is 2.77. The van der Waals surface area contributed by atoms with E-state index in [1.54, 1.807) is 0 Å². The molecule has 28 heavy (non-hydrogen) atoms. The quantitative estimate of drug-likeness (QED) is 0.340. The Labute approximate surface area is 168 Å². The van der Waals surface area contributed by atoms with Crippen LogP contribution in [0.1, 0.15) is 43.0 Å². The van der Waals surface area contributed by atoms with Gasteiger partial charge in [0.2, 0.25) is 0 Å². The van der Waals surface area contributed by atoms with E-state index in [4.69, 9.17) is 0 Å². The number of carbonyl (C=O) groups is 1. The summed E-state index contributed by atoms with van der Waals surface area (Å²) >= 11 is 0. The van der Waals surface area contributed by atoms with Gasteiger partial charge in [0.15, 0.2) is 5.78 Å². The van der Waals surface area contributed by atoms with Crippen molar-refractivity contribution >= 4 is 23.5 Å². The van der Waals surface area contributed by atoms with Gasteiger partial charge in [0.05, 0.1) is 0 Å². The normalized spacial score (nSPS) is 12.5. The van der Waals surface area contributed by atoms with Gasteiger partial charge < -0.3 is 4.57 Å². The monoisotopic (exact) mass is 390 g/mol. The van der Waals surface area contributed by atoms with Gasteiger partial charge in [-0.1, -0.05) is 111 Å². The molecule has 0 spiro atoms. The summed E-state index contributed by atoms with van der Waals surface area (Å²) in [6.07, 6.45) is 3.04. The van der Waals surface area contributed by atoms with Crippen molar-refractivity contribution in [3.63, 3.8) is 0 Å². The highest BCUT2D eigenvalue weighted by molar-refractivity contribution is 7.79. The highest BCUT2D eigenvalue weighted by Gasteiger charge is 2.37. The first kappa shape index (κ1) is 20.3. The standard InChI is InChI=1S/C25H27O2P/c1-2-3-15-24(20-25(26)21-13-7-4-8-14-21)28(27,22-16-9-5-10-17-22)23-18-11-6-12-19-23/h4-14,16-19,24H,2-3,15,20H2,1H3. The third kappa shape index (κ3) is 4.51. The molecule has 0 aliphatic heterocycles. The Bertz CT molecular complexity index is 877. The third-order valence-corrected chi connectivity index (χ3v) is 8.80. The Morgan fingerprint density at radius 1 is 0.786 bits per heavy atom. The van der Waals surface area contributed by atoms with Crippen LogP contribution in [0.15, 0.2) is 91.0 Å². The summed E-state index contributed by atoms with van der Waals surface area (Å²) in [5.74, 6) is 0.0637. The van der Waals surface area contributed by atoms with Gasteiger partial charge in [0, 0.05) is 28.3 Å². The summed E-state index contributed by atoms with van der Waals surface area (Å²) in [4.78, 5) is 13.0. The summed E-state index contributed by atoms with van der Waals surface area (Å²) in [6, 6.07) is 28.7. The number of hydrogen-bond donors (Lipinski definition) is 0. The van der Waals surface area contributed by atoms with Crippen molar-refractivity contribution in [2.45, 2.75) is 38.3 Å². The van der Waals surface area contributed by atoms with Crippen molar-refractivity contribution in [3.05, 3.63) is 96.6 Å². The predicted octanol–water partition coefficient (Wildman–Crippen LogP) is 5.83. The van der Waals surface area contributed by atoms with Crippen molar-refractivity contribution in [1.82, 2.24) is 0 Å². The molecule has 3 heteroatoms. The molecular weight excluding hydrogens is 363 g/mol. The first-order valence-corrected chi connectivity index (χ1v) is 11.7. The van der Waals surface area contributed by atoms with Crippen LogP contribution in [0.2, 0.25) is 0 Å². The van der Waals surface area contributed by atoms with E-state index in [2.05, 4.69) is 6.92 Å². The van der Waals surface area contributed by atoms with Crippen LogP contribution in [0.5, 0.6) is 0 Å². The minimum absolute atomic E-state index is 0.0637. The molecule has 0 amide bonds. The summed E-state index contributed by atoms with van der Waals surface area (Å²) in [5.41, 5.74) is 0.488. The van der Waals surface area contributed by atoms with Crippen LogP contribution in [-0.2, 0) is 4.57 Å². The molecule has 0 heterocycles. The molecule has 2 nitrogen and oxygen atoms in total. The van der Waals surface area contributed by atoms with Gasteiger partial charge in [0.1, 0.15) is 7.14 Å². The van der Waals surface area contributed by atoms with Crippen LogP contribution in [0, 0.1) is 0 Å². The van der Waals surface area contributed by atoms with Gasteiger partial charge in [-0.2, -0.15) is 0 Å². The van der Waals surface area contributed by atoms with E-state index in [0.717, 1.165) is 29.9 Å². The fourth-order valence-corrected chi connectivity index (χ4v) is 7.02. The van der Waals surface area contributed by atoms with E-state index in [-0.39, 0.29) is 11.4 Å². The van der Waals surface area contributed by atoms with Gasteiger partial charge in [-0.05, 0) is 6.42 Å². The number of unbranched alkanes of at least 4 members (excludes halogenated alkanes) is 1. The van der Waals surface area contributed by atoms with Crippen LogP contribution in [-0.4, -0.2) is 11.4 Å². The van der Waals surface area contributed by atoms with Gasteiger partial charge in [0.25, 0.3) is 0 Å². The lowest BCUT2D eigenvalue weighted by Crippen LogP contribution is -2.28. The molecule has 3 rings (SSSR count). The van der Waals surface area contributed by atoms with E-state index >= 15 is 0 Å². The number of hydrogen-bond acceptors (Lipinski definition) is 2. The predicted molar refractivity (Wildman–Crippen MR) is 118 cm³/mol. The number of benzene rings is 3. The highest BCUT2D eigenvalue weighted by Crippen LogP contribution is 2.52. The molecule has 3 aromatic rings. The average molecular weight is 390 g/mol. The van der Waals surface area contributed by atoms with Crippen LogP contribution in [0.3, 0.4) is 0 Å². The molecule has 0 N–H and O–H groups in total. The van der Waals surface area contributed by atoms with E-state index in [1.807, 2.05) is 91.0 Å². The molecule has 0 bridgehead atoms. The second-order valence-corrected chi connectivity index (χ2v) is 10.2. The summed E-state index contributed by atoms with van der Waals surface area (Å²) in [6.45, 7) is 2.13. The summed E-state index contributed by atoms with van der Waals surface area (Å²) < 4.78 is 14.6. The maximum atomic E-state index is 14.6. The van der Waals surface area contributed by atoms with Crippen molar-refractivity contribution < 1.29 is 9.36 Å². The van der Waals surface area contributed by atoms with Crippen molar-refractivity contribution in [3.8, 4) is 0 Å². The fourth-order valence-electron chi connectivity index (χ4n) is 3.68. The van der Waals surface area contributed by atoms with Gasteiger partial charge in [-0.15, -0.1) is 0 Å². The van der Waals surface area contributed by atoms with Crippen molar-refractivity contribution in [2.24, 2.45) is 0 Å². The van der Waals surface area contributed by atoms with E-state index in [0.29, 0.717) is 12.0 Å². The van der Waals surface area contributed by atoms with E-state index in [1.165, 1.54) is 0 Å². The Morgan fingerprint density at radius 2 is 1.25 bits per heavy atom. The van der Waals surface area contributed by atoms with Crippen molar-refractivity contribution in [2.75, 3.05) is 0 Å². The number of ketones is 1. The Hall–Kier alpha value is -2.44. The number of carbonyl (C=O) groups excluding carboxylic acids is 1. The highest BCUT2D eigenvalue weighted by atomic mass is 31.2. The van der Waals surface area contributed by atoms with Gasteiger partial charge in [-0.25, -0.2) is 0 Å². The summed E-state index contributed by atoms with van der Waals surface area (Å²) in [5, 5.41) is 1.67. The van der Waals surface area contributed by atoms with Gasteiger partial charge in [-0.3, -0.25) is 4.79 Å². The molecule has 3 aromatic carbocycles. The van der Waals surface area contributed by atoms with Crippen LogP contribution in [0.25, 0.3) is 0 Å². The molecular formula is C25H27O2P. The SMILES string of the molecule is CCCCC(CC(=O)c1ccccc1)P(=O)(c1ccccc1)c1ccccc1. The Morgan fingerprint density at radius 3 is 1.71 bits per heavy atom. The molecule has 1 atom stereocenters. The minimum atomic E-state index is -2.96. The molecule has 1 unspecified atom stereocenters. The summed E-state index contributed by atoms with van der Waals surface area (Å²) in [7, 11) is -2.96. The second kappa shape index (κ2) is 9.66. The van der Waals surface area contributed by atoms with Gasteiger partial charge >= 0.3 is 0 Å². The Kier molecular flexibility index (Phi) is 7.01. The lowest BCUT2D eigenvalue weighted by Gasteiger charge is -2.28. The zero-order valence-corrected chi connectivity index (χ0v) is 17.2.